The normalized spacial score (nSPS) is 15.7. The summed E-state index contributed by atoms with van der Waals surface area (Å²) in [6.07, 6.45) is 2.92. The molecule has 1 atom stereocenters. The molecule has 0 aliphatic carbocycles. The Labute approximate surface area is 233 Å². The Balaban J connectivity index is 1.80. The predicted molar refractivity (Wildman–Crippen MR) is 155 cm³/mol. The van der Waals surface area contributed by atoms with Crippen molar-refractivity contribution in [3.8, 4) is 0 Å². The minimum Gasteiger partial charge on any atom is -0.288 e. The van der Waals surface area contributed by atoms with Gasteiger partial charge in [-0.05, 0) is 62.8 Å². The molecule has 0 saturated heterocycles. The van der Waals surface area contributed by atoms with Crippen LogP contribution in [0.25, 0.3) is 43.1 Å². The molecule has 2 aliphatic rings. The lowest BCUT2D eigenvalue weighted by molar-refractivity contribution is 0.0828. The van der Waals surface area contributed by atoms with Crippen molar-refractivity contribution in [2.45, 2.75) is 39.0 Å². The molecule has 0 fully saturated rings. The number of benzene rings is 5. The molecule has 1 unspecified atom stereocenters. The zero-order valence-corrected chi connectivity index (χ0v) is 23.6. The van der Waals surface area contributed by atoms with Gasteiger partial charge >= 0.3 is 0 Å². The molecule has 4 amide bonds. The van der Waals surface area contributed by atoms with E-state index in [1.165, 1.54) is 0 Å². The van der Waals surface area contributed by atoms with Crippen LogP contribution < -0.4 is 10.6 Å². The average Bonchev–Trinajstić information content (AvgIpc) is 2.88. The Kier molecular flexibility index (Phi) is 5.04. The van der Waals surface area contributed by atoms with Gasteiger partial charge in [0, 0.05) is 58.0 Å². The second-order valence-corrected chi connectivity index (χ2v) is 11.8. The summed E-state index contributed by atoms with van der Waals surface area (Å²) in [5.41, 5.74) is 2.76. The summed E-state index contributed by atoms with van der Waals surface area (Å²) in [4.78, 5) is 52.1. The van der Waals surface area contributed by atoms with Gasteiger partial charge in [-0.15, -0.1) is 0 Å². The highest BCUT2D eigenvalue weighted by molar-refractivity contribution is 9.11. The Bertz CT molecular complexity index is 1980. The maximum absolute atomic E-state index is 13.4. The van der Waals surface area contributed by atoms with Crippen LogP contribution >= 0.6 is 31.9 Å². The highest BCUT2D eigenvalue weighted by atomic mass is 79.9. The second kappa shape index (κ2) is 8.07. The summed E-state index contributed by atoms with van der Waals surface area (Å²) < 4.78 is 1.51. The van der Waals surface area contributed by atoms with Crippen molar-refractivity contribution in [2.24, 2.45) is 0 Å². The fourth-order valence-electron chi connectivity index (χ4n) is 6.46. The van der Waals surface area contributed by atoms with E-state index in [9.17, 15) is 19.2 Å². The van der Waals surface area contributed by atoms with Gasteiger partial charge in [0.25, 0.3) is 23.6 Å². The number of amides is 4. The molecule has 0 bridgehead atoms. The van der Waals surface area contributed by atoms with Crippen molar-refractivity contribution in [1.82, 2.24) is 10.6 Å². The molecule has 8 heteroatoms. The zero-order chi connectivity index (χ0) is 26.6. The number of carbonyl (C=O) groups excluding carboxylic acids is 4. The van der Waals surface area contributed by atoms with E-state index < -0.39 is 17.7 Å². The number of nitrogens with one attached hydrogen (secondary N) is 2. The third kappa shape index (κ3) is 2.87. The third-order valence-electron chi connectivity index (χ3n) is 8.10. The summed E-state index contributed by atoms with van der Waals surface area (Å²) in [5, 5.41) is 11.3. The van der Waals surface area contributed by atoms with E-state index in [2.05, 4.69) is 56.3 Å². The van der Waals surface area contributed by atoms with E-state index in [4.69, 9.17) is 0 Å². The quantitative estimate of drug-likeness (QED) is 0.123. The number of unbranched alkanes of at least 4 members (excludes halogenated alkanes) is 1. The van der Waals surface area contributed by atoms with E-state index in [-0.39, 0.29) is 11.8 Å². The molecule has 5 aromatic rings. The smallest absolute Gasteiger partial charge is 0.259 e. The maximum atomic E-state index is 13.4. The molecule has 0 radical (unpaired) electrons. The monoisotopic (exact) mass is 630 g/mol. The maximum Gasteiger partial charge on any atom is 0.259 e. The first kappa shape index (κ1) is 23.7. The summed E-state index contributed by atoms with van der Waals surface area (Å²) in [6, 6.07) is 9.08. The average molecular weight is 632 g/mol. The minimum absolute atomic E-state index is 0.0518. The minimum atomic E-state index is -0.432. The summed E-state index contributed by atoms with van der Waals surface area (Å²) >= 11 is 7.61. The van der Waals surface area contributed by atoms with Crippen LogP contribution in [0.1, 0.15) is 86.0 Å². The molecule has 2 N–H and O–H groups in total. The number of imide groups is 2. The van der Waals surface area contributed by atoms with E-state index in [0.717, 1.165) is 61.6 Å². The molecule has 6 nitrogen and oxygen atoms in total. The molecule has 0 aromatic heterocycles. The van der Waals surface area contributed by atoms with Crippen molar-refractivity contribution in [2.75, 3.05) is 0 Å². The van der Waals surface area contributed by atoms with Crippen LogP contribution in [0.5, 0.6) is 0 Å². The molecule has 5 aromatic carbocycles. The van der Waals surface area contributed by atoms with Gasteiger partial charge in [-0.1, -0.05) is 54.8 Å². The fraction of sp³-hybridized carbons (Fsp3) is 0.200. The van der Waals surface area contributed by atoms with Crippen LogP contribution in [-0.2, 0) is 0 Å². The Hall–Kier alpha value is -3.36. The summed E-state index contributed by atoms with van der Waals surface area (Å²) in [7, 11) is 0. The fourth-order valence-corrected chi connectivity index (χ4v) is 8.10. The zero-order valence-electron chi connectivity index (χ0n) is 20.5. The molecular formula is C30H20Br2N2O4. The lowest BCUT2D eigenvalue weighted by Crippen LogP contribution is -2.36. The van der Waals surface area contributed by atoms with Gasteiger partial charge in [0.15, 0.2) is 0 Å². The van der Waals surface area contributed by atoms with Crippen LogP contribution in [0, 0.1) is 0 Å². The Morgan fingerprint density at radius 2 is 1.29 bits per heavy atom. The number of fused-ring (bicyclic) bond motifs is 2. The number of hydrogen-bond acceptors (Lipinski definition) is 4. The molecule has 0 saturated carbocycles. The first-order valence-electron chi connectivity index (χ1n) is 12.6. The van der Waals surface area contributed by atoms with E-state index in [1.54, 1.807) is 18.2 Å². The predicted octanol–water partition coefficient (Wildman–Crippen LogP) is 7.32. The van der Waals surface area contributed by atoms with Gasteiger partial charge in [-0.2, -0.15) is 0 Å². The van der Waals surface area contributed by atoms with Crippen molar-refractivity contribution >= 4 is 98.6 Å². The molecular weight excluding hydrogens is 612 g/mol. The van der Waals surface area contributed by atoms with Crippen LogP contribution in [0.3, 0.4) is 0 Å². The largest absolute Gasteiger partial charge is 0.288 e. The second-order valence-electron chi connectivity index (χ2n) is 10.2. The highest BCUT2D eigenvalue weighted by Gasteiger charge is 2.35. The van der Waals surface area contributed by atoms with Crippen LogP contribution in [0.15, 0.2) is 39.3 Å². The molecule has 7 rings (SSSR count). The lowest BCUT2D eigenvalue weighted by atomic mass is 9.79. The van der Waals surface area contributed by atoms with E-state index in [1.807, 2.05) is 12.1 Å². The van der Waals surface area contributed by atoms with Gasteiger partial charge in [0.1, 0.15) is 0 Å². The van der Waals surface area contributed by atoms with Crippen LogP contribution in [0.2, 0.25) is 0 Å². The lowest BCUT2D eigenvalue weighted by Gasteiger charge is -2.28. The summed E-state index contributed by atoms with van der Waals surface area (Å²) in [5.74, 6) is -1.60. The van der Waals surface area contributed by atoms with Gasteiger partial charge in [-0.3, -0.25) is 29.8 Å². The van der Waals surface area contributed by atoms with Crippen molar-refractivity contribution < 1.29 is 19.2 Å². The van der Waals surface area contributed by atoms with Gasteiger partial charge in [0.05, 0.1) is 5.56 Å². The highest BCUT2D eigenvalue weighted by Crippen LogP contribution is 2.51. The molecule has 2 heterocycles. The summed E-state index contributed by atoms with van der Waals surface area (Å²) in [6.45, 7) is 4.25. The van der Waals surface area contributed by atoms with Gasteiger partial charge < -0.3 is 0 Å². The number of hydrogen-bond donors (Lipinski definition) is 2. The van der Waals surface area contributed by atoms with Crippen LogP contribution in [0.4, 0.5) is 0 Å². The topological polar surface area (TPSA) is 92.3 Å². The number of rotatable bonds is 4. The number of halogens is 2. The van der Waals surface area contributed by atoms with Gasteiger partial charge in [0.2, 0.25) is 0 Å². The third-order valence-corrected chi connectivity index (χ3v) is 9.55. The van der Waals surface area contributed by atoms with Crippen molar-refractivity contribution in [3.05, 3.63) is 67.1 Å². The van der Waals surface area contributed by atoms with Crippen LogP contribution in [-0.4, -0.2) is 23.6 Å². The van der Waals surface area contributed by atoms with Crippen molar-refractivity contribution in [3.63, 3.8) is 0 Å². The van der Waals surface area contributed by atoms with E-state index in [0.29, 0.717) is 37.5 Å². The SMILES string of the molecule is CCCCC(C)c1c2c3c(ccc4c5c(Br)cc6c7c(ccc(c(c1Br)c34)c75)C(=O)NC6=O)C(=O)NC2=O. The molecule has 38 heavy (non-hydrogen) atoms. The molecule has 2 aliphatic heterocycles. The first-order chi connectivity index (χ1) is 18.2. The molecule has 0 spiro atoms. The standard InChI is InChI=1S/C30H20Br2N2O4/c1-3-4-5-11(2)18-25-23-15(28(36)34-30(25)38)9-6-12-20-17(31)10-16-19-14(27(35)33-29(16)37)8-7-13(21(19)20)24(22(12)23)26(18)32/h6-11H,3-5H2,1-2H3,(H,33,35,37)(H,34,36,38). The molecule has 188 valence electrons. The number of carbonyl (C=O) groups is 4. The Morgan fingerprint density at radius 3 is 1.97 bits per heavy atom. The van der Waals surface area contributed by atoms with Gasteiger partial charge in [-0.25, -0.2) is 0 Å². The van der Waals surface area contributed by atoms with E-state index >= 15 is 0 Å². The first-order valence-corrected chi connectivity index (χ1v) is 14.2. The van der Waals surface area contributed by atoms with Crippen molar-refractivity contribution in [1.29, 1.82) is 0 Å². The Morgan fingerprint density at radius 1 is 0.711 bits per heavy atom.